The molecule has 0 spiro atoms. The zero-order chi connectivity index (χ0) is 14.6. The van der Waals surface area contributed by atoms with Gasteiger partial charge in [0.05, 0.1) is 23.1 Å². The van der Waals surface area contributed by atoms with Crippen LogP contribution in [0.2, 0.25) is 0 Å². The highest BCUT2D eigenvalue weighted by atomic mass is 32.2. The summed E-state index contributed by atoms with van der Waals surface area (Å²) in [4.78, 5) is 0.164. The fraction of sp³-hybridized carbons (Fsp3) is 0.462. The Bertz CT molecular complexity index is 590. The summed E-state index contributed by atoms with van der Waals surface area (Å²) in [5.41, 5.74) is 0.951. The molecule has 0 aromatic heterocycles. The van der Waals surface area contributed by atoms with Crippen molar-refractivity contribution in [1.82, 2.24) is 4.31 Å². The predicted molar refractivity (Wildman–Crippen MR) is 72.2 cm³/mol. The zero-order valence-electron chi connectivity index (χ0n) is 11.5. The van der Waals surface area contributed by atoms with Crippen molar-refractivity contribution in [2.24, 2.45) is 0 Å². The van der Waals surface area contributed by atoms with Gasteiger partial charge in [0.2, 0.25) is 10.0 Å². The number of methoxy groups -OCH3 is 1. The second kappa shape index (κ2) is 6.15. The molecule has 1 aromatic rings. The maximum absolute atomic E-state index is 12.5. The Morgan fingerprint density at radius 1 is 1.47 bits per heavy atom. The van der Waals surface area contributed by atoms with Crippen LogP contribution in [0.3, 0.4) is 0 Å². The van der Waals surface area contributed by atoms with E-state index >= 15 is 0 Å². The Balaban J connectivity index is 3.24. The average Bonchev–Trinajstić information content (AvgIpc) is 2.38. The van der Waals surface area contributed by atoms with E-state index in [4.69, 9.17) is 10.00 Å². The van der Waals surface area contributed by atoms with Crippen LogP contribution in [0.1, 0.15) is 18.1 Å². The molecule has 0 fully saturated rings. The number of sulfonamides is 1. The molecule has 0 aliphatic carbocycles. The van der Waals surface area contributed by atoms with Gasteiger partial charge in [0.1, 0.15) is 0 Å². The third-order valence-corrected chi connectivity index (χ3v) is 5.12. The molecule has 5 nitrogen and oxygen atoms in total. The van der Waals surface area contributed by atoms with Crippen LogP contribution in [0, 0.1) is 18.3 Å². The summed E-state index contributed by atoms with van der Waals surface area (Å²) in [7, 11) is -0.584. The van der Waals surface area contributed by atoms with Crippen LogP contribution in [0.4, 0.5) is 0 Å². The quantitative estimate of drug-likeness (QED) is 0.821. The average molecular weight is 282 g/mol. The largest absolute Gasteiger partial charge is 0.383 e. The topological polar surface area (TPSA) is 70.4 Å². The maximum atomic E-state index is 12.5. The number of benzene rings is 1. The standard InChI is InChI=1S/C13H18N2O3S/c1-10-5-6-12(8-14)7-13(10)19(16,17)15(3)11(2)9-18-4/h5-7,11H,9H2,1-4H3. The molecule has 0 radical (unpaired) electrons. The molecule has 6 heteroatoms. The molecule has 0 saturated heterocycles. The van der Waals surface area contributed by atoms with Crippen molar-refractivity contribution in [3.63, 3.8) is 0 Å². The van der Waals surface area contributed by atoms with Crippen molar-refractivity contribution in [2.75, 3.05) is 20.8 Å². The summed E-state index contributed by atoms with van der Waals surface area (Å²) in [5, 5.41) is 8.87. The lowest BCUT2D eigenvalue weighted by Crippen LogP contribution is -2.38. The highest BCUT2D eigenvalue weighted by Gasteiger charge is 2.27. The fourth-order valence-electron chi connectivity index (χ4n) is 1.69. The van der Waals surface area contributed by atoms with Gasteiger partial charge < -0.3 is 4.74 Å². The van der Waals surface area contributed by atoms with E-state index in [-0.39, 0.29) is 10.9 Å². The summed E-state index contributed by atoms with van der Waals surface area (Å²) < 4.78 is 31.2. The van der Waals surface area contributed by atoms with E-state index in [9.17, 15) is 8.42 Å². The minimum Gasteiger partial charge on any atom is -0.383 e. The van der Waals surface area contributed by atoms with E-state index < -0.39 is 10.0 Å². The lowest BCUT2D eigenvalue weighted by molar-refractivity contribution is 0.149. The highest BCUT2D eigenvalue weighted by molar-refractivity contribution is 7.89. The van der Waals surface area contributed by atoms with Crippen LogP contribution in [-0.4, -0.2) is 39.5 Å². The Morgan fingerprint density at radius 3 is 2.63 bits per heavy atom. The van der Waals surface area contributed by atoms with E-state index in [1.165, 1.54) is 24.5 Å². The van der Waals surface area contributed by atoms with Gasteiger partial charge in [-0.05, 0) is 31.5 Å². The van der Waals surface area contributed by atoms with Crippen molar-refractivity contribution >= 4 is 10.0 Å². The SMILES string of the molecule is COCC(C)N(C)S(=O)(=O)c1cc(C#N)ccc1C. The Labute approximate surface area is 114 Å². The van der Waals surface area contributed by atoms with Crippen molar-refractivity contribution in [2.45, 2.75) is 24.8 Å². The van der Waals surface area contributed by atoms with E-state index in [0.29, 0.717) is 17.7 Å². The van der Waals surface area contributed by atoms with E-state index in [1.807, 2.05) is 6.07 Å². The smallest absolute Gasteiger partial charge is 0.243 e. The molecule has 0 N–H and O–H groups in total. The van der Waals surface area contributed by atoms with Crippen molar-refractivity contribution < 1.29 is 13.2 Å². The molecule has 0 bridgehead atoms. The summed E-state index contributed by atoms with van der Waals surface area (Å²) in [6.07, 6.45) is 0. The third kappa shape index (κ3) is 3.32. The zero-order valence-corrected chi connectivity index (χ0v) is 12.4. The molecule has 1 rings (SSSR count). The first-order chi connectivity index (χ1) is 8.84. The lowest BCUT2D eigenvalue weighted by Gasteiger charge is -2.24. The van der Waals surface area contributed by atoms with E-state index in [2.05, 4.69) is 0 Å². The van der Waals surface area contributed by atoms with Crippen LogP contribution in [0.5, 0.6) is 0 Å². The first-order valence-corrected chi connectivity index (χ1v) is 7.26. The predicted octanol–water partition coefficient (Wildman–Crippen LogP) is 1.52. The van der Waals surface area contributed by atoms with Gasteiger partial charge in [-0.1, -0.05) is 6.07 Å². The molecule has 0 aliphatic rings. The number of hydrogen-bond acceptors (Lipinski definition) is 4. The second-order valence-electron chi connectivity index (χ2n) is 4.42. The third-order valence-electron chi connectivity index (χ3n) is 3.00. The number of ether oxygens (including phenoxy) is 1. The Hall–Kier alpha value is -1.42. The molecular weight excluding hydrogens is 264 g/mol. The summed E-state index contributed by atoms with van der Waals surface area (Å²) in [6, 6.07) is 6.32. The van der Waals surface area contributed by atoms with Crippen LogP contribution < -0.4 is 0 Å². The van der Waals surface area contributed by atoms with Gasteiger partial charge in [-0.25, -0.2) is 8.42 Å². The molecular formula is C13H18N2O3S. The first kappa shape index (κ1) is 15.6. The van der Waals surface area contributed by atoms with Crippen LogP contribution in [0.15, 0.2) is 23.1 Å². The number of hydrogen-bond donors (Lipinski definition) is 0. The Kier molecular flexibility index (Phi) is 5.06. The molecule has 0 heterocycles. The summed E-state index contributed by atoms with van der Waals surface area (Å²) >= 11 is 0. The number of nitriles is 1. The minimum atomic E-state index is -3.62. The molecule has 0 amide bonds. The number of rotatable bonds is 5. The molecule has 0 saturated carbocycles. The monoisotopic (exact) mass is 282 g/mol. The van der Waals surface area contributed by atoms with Gasteiger partial charge >= 0.3 is 0 Å². The number of nitrogens with zero attached hydrogens (tertiary/aromatic N) is 2. The van der Waals surface area contributed by atoms with Gasteiger partial charge in [-0.2, -0.15) is 9.57 Å². The molecule has 1 atom stereocenters. The van der Waals surface area contributed by atoms with Crippen LogP contribution >= 0.6 is 0 Å². The molecule has 0 aliphatic heterocycles. The molecule has 1 unspecified atom stereocenters. The van der Waals surface area contributed by atoms with Gasteiger partial charge in [-0.15, -0.1) is 0 Å². The highest BCUT2D eigenvalue weighted by Crippen LogP contribution is 2.21. The van der Waals surface area contributed by atoms with Crippen molar-refractivity contribution in [1.29, 1.82) is 5.26 Å². The normalized spacial score (nSPS) is 13.3. The van der Waals surface area contributed by atoms with Crippen molar-refractivity contribution in [3.05, 3.63) is 29.3 Å². The maximum Gasteiger partial charge on any atom is 0.243 e. The van der Waals surface area contributed by atoms with Gasteiger partial charge in [0, 0.05) is 20.2 Å². The van der Waals surface area contributed by atoms with E-state index in [1.54, 1.807) is 26.0 Å². The first-order valence-electron chi connectivity index (χ1n) is 5.82. The van der Waals surface area contributed by atoms with Crippen molar-refractivity contribution in [3.8, 4) is 6.07 Å². The van der Waals surface area contributed by atoms with Crippen LogP contribution in [0.25, 0.3) is 0 Å². The molecule has 1 aromatic carbocycles. The summed E-state index contributed by atoms with van der Waals surface area (Å²) in [6.45, 7) is 3.79. The van der Waals surface area contributed by atoms with Crippen LogP contribution in [-0.2, 0) is 14.8 Å². The lowest BCUT2D eigenvalue weighted by atomic mass is 10.2. The van der Waals surface area contributed by atoms with E-state index in [0.717, 1.165) is 0 Å². The van der Waals surface area contributed by atoms with Gasteiger partial charge in [0.15, 0.2) is 0 Å². The summed E-state index contributed by atoms with van der Waals surface area (Å²) in [5.74, 6) is 0. The number of likely N-dealkylation sites (N-methyl/N-ethyl adjacent to an activating group) is 1. The minimum absolute atomic E-state index is 0.164. The molecule has 19 heavy (non-hydrogen) atoms. The fourth-order valence-corrected chi connectivity index (χ4v) is 3.28. The molecule has 104 valence electrons. The second-order valence-corrected chi connectivity index (χ2v) is 6.38. The Morgan fingerprint density at radius 2 is 2.11 bits per heavy atom. The van der Waals surface area contributed by atoms with Gasteiger partial charge in [0.25, 0.3) is 0 Å². The number of aryl methyl sites for hydroxylation is 1. The van der Waals surface area contributed by atoms with Gasteiger partial charge in [-0.3, -0.25) is 0 Å².